The SMILES string of the molecule is CCn1c(SCc2cccc([N+](=O)[O-])c2)nc2ccccc21. The van der Waals surface area contributed by atoms with Gasteiger partial charge in [-0.05, 0) is 24.6 Å². The van der Waals surface area contributed by atoms with Crippen molar-refractivity contribution in [2.45, 2.75) is 24.4 Å². The largest absolute Gasteiger partial charge is 0.319 e. The summed E-state index contributed by atoms with van der Waals surface area (Å²) in [5.41, 5.74) is 3.15. The molecule has 0 bridgehead atoms. The number of rotatable bonds is 5. The van der Waals surface area contributed by atoms with Crippen LogP contribution >= 0.6 is 11.8 Å². The molecule has 3 aromatic rings. The first-order valence-corrected chi connectivity index (χ1v) is 7.99. The van der Waals surface area contributed by atoms with Gasteiger partial charge >= 0.3 is 0 Å². The molecule has 0 fully saturated rings. The van der Waals surface area contributed by atoms with Crippen LogP contribution < -0.4 is 0 Å². The summed E-state index contributed by atoms with van der Waals surface area (Å²) in [5, 5.41) is 11.8. The van der Waals surface area contributed by atoms with Gasteiger partial charge in [0, 0.05) is 24.4 Å². The molecule has 0 aliphatic rings. The third-order valence-electron chi connectivity index (χ3n) is 3.43. The van der Waals surface area contributed by atoms with Crippen LogP contribution in [0.5, 0.6) is 0 Å². The van der Waals surface area contributed by atoms with Crippen LogP contribution in [0.1, 0.15) is 12.5 Å². The van der Waals surface area contributed by atoms with E-state index in [1.54, 1.807) is 23.9 Å². The number of fused-ring (bicyclic) bond motifs is 1. The van der Waals surface area contributed by atoms with E-state index in [9.17, 15) is 10.1 Å². The van der Waals surface area contributed by atoms with Crippen LogP contribution in [0.4, 0.5) is 5.69 Å². The van der Waals surface area contributed by atoms with E-state index in [-0.39, 0.29) is 10.6 Å². The predicted octanol–water partition coefficient (Wildman–Crippen LogP) is 4.26. The predicted molar refractivity (Wildman–Crippen MR) is 88.1 cm³/mol. The number of para-hydroxylation sites is 2. The third-order valence-corrected chi connectivity index (χ3v) is 4.47. The van der Waals surface area contributed by atoms with E-state index in [1.165, 1.54) is 6.07 Å². The van der Waals surface area contributed by atoms with E-state index in [2.05, 4.69) is 22.5 Å². The van der Waals surface area contributed by atoms with Crippen molar-refractivity contribution in [2.75, 3.05) is 0 Å². The Balaban J connectivity index is 1.85. The zero-order valence-corrected chi connectivity index (χ0v) is 12.9. The molecule has 0 saturated heterocycles. The quantitative estimate of drug-likeness (QED) is 0.401. The number of aromatic nitrogens is 2. The number of thioether (sulfide) groups is 1. The number of nitro groups is 1. The molecule has 0 saturated carbocycles. The molecule has 112 valence electrons. The fraction of sp³-hybridized carbons (Fsp3) is 0.188. The molecule has 1 aromatic heterocycles. The Morgan fingerprint density at radius 1 is 1.23 bits per heavy atom. The van der Waals surface area contributed by atoms with Gasteiger partial charge in [-0.2, -0.15) is 0 Å². The Kier molecular flexibility index (Phi) is 4.11. The number of non-ortho nitro benzene ring substituents is 1. The first-order valence-electron chi connectivity index (χ1n) is 7.00. The molecule has 1 heterocycles. The molecule has 2 aromatic carbocycles. The molecular weight excluding hydrogens is 298 g/mol. The highest BCUT2D eigenvalue weighted by molar-refractivity contribution is 7.98. The number of hydrogen-bond donors (Lipinski definition) is 0. The molecule has 6 heteroatoms. The summed E-state index contributed by atoms with van der Waals surface area (Å²) < 4.78 is 2.16. The normalized spacial score (nSPS) is 11.0. The maximum Gasteiger partial charge on any atom is 0.269 e. The number of imidazole rings is 1. The lowest BCUT2D eigenvalue weighted by Crippen LogP contribution is -1.96. The van der Waals surface area contributed by atoms with Crippen LogP contribution in [0.25, 0.3) is 11.0 Å². The second kappa shape index (κ2) is 6.19. The zero-order chi connectivity index (χ0) is 15.5. The van der Waals surface area contributed by atoms with Crippen molar-refractivity contribution < 1.29 is 4.92 Å². The molecule has 0 amide bonds. The topological polar surface area (TPSA) is 61.0 Å². The van der Waals surface area contributed by atoms with Crippen LogP contribution in [0.2, 0.25) is 0 Å². The van der Waals surface area contributed by atoms with Gasteiger partial charge in [0.25, 0.3) is 5.69 Å². The molecule has 22 heavy (non-hydrogen) atoms. The lowest BCUT2D eigenvalue weighted by Gasteiger charge is -2.05. The summed E-state index contributed by atoms with van der Waals surface area (Å²) in [6.45, 7) is 2.93. The van der Waals surface area contributed by atoms with E-state index >= 15 is 0 Å². The highest BCUT2D eigenvalue weighted by atomic mass is 32.2. The smallest absolute Gasteiger partial charge is 0.269 e. The van der Waals surface area contributed by atoms with Gasteiger partial charge in [-0.1, -0.05) is 36.0 Å². The van der Waals surface area contributed by atoms with Crippen LogP contribution in [0.3, 0.4) is 0 Å². The highest BCUT2D eigenvalue weighted by Crippen LogP contribution is 2.27. The maximum atomic E-state index is 10.8. The number of benzene rings is 2. The summed E-state index contributed by atoms with van der Waals surface area (Å²) in [7, 11) is 0. The van der Waals surface area contributed by atoms with Crippen molar-refractivity contribution >= 4 is 28.5 Å². The lowest BCUT2D eigenvalue weighted by atomic mass is 10.2. The van der Waals surface area contributed by atoms with E-state index in [1.807, 2.05) is 24.3 Å². The molecule has 0 radical (unpaired) electrons. The second-order valence-corrected chi connectivity index (χ2v) is 5.79. The summed E-state index contributed by atoms with van der Waals surface area (Å²) in [4.78, 5) is 15.1. The van der Waals surface area contributed by atoms with Gasteiger partial charge in [0.15, 0.2) is 5.16 Å². The van der Waals surface area contributed by atoms with Gasteiger partial charge in [-0.15, -0.1) is 0 Å². The van der Waals surface area contributed by atoms with Gasteiger partial charge in [0.1, 0.15) is 0 Å². The van der Waals surface area contributed by atoms with Crippen molar-refractivity contribution in [3.05, 3.63) is 64.2 Å². The van der Waals surface area contributed by atoms with Crippen molar-refractivity contribution in [3.63, 3.8) is 0 Å². The summed E-state index contributed by atoms with van der Waals surface area (Å²) >= 11 is 1.60. The van der Waals surface area contributed by atoms with Crippen LogP contribution in [-0.2, 0) is 12.3 Å². The molecule has 0 spiro atoms. The third kappa shape index (κ3) is 2.82. The van der Waals surface area contributed by atoms with Crippen LogP contribution in [0.15, 0.2) is 53.7 Å². The molecule has 3 rings (SSSR count). The molecular formula is C16H15N3O2S. The molecule has 5 nitrogen and oxygen atoms in total. The Morgan fingerprint density at radius 3 is 2.82 bits per heavy atom. The maximum absolute atomic E-state index is 10.8. The lowest BCUT2D eigenvalue weighted by molar-refractivity contribution is -0.384. The molecule has 0 aliphatic heterocycles. The average molecular weight is 313 g/mol. The van der Waals surface area contributed by atoms with E-state index in [0.717, 1.165) is 28.3 Å². The van der Waals surface area contributed by atoms with Crippen molar-refractivity contribution in [2.24, 2.45) is 0 Å². The van der Waals surface area contributed by atoms with E-state index in [0.29, 0.717) is 5.75 Å². The first-order chi connectivity index (χ1) is 10.7. The number of hydrogen-bond acceptors (Lipinski definition) is 4. The van der Waals surface area contributed by atoms with Crippen molar-refractivity contribution in [3.8, 4) is 0 Å². The standard InChI is InChI=1S/C16H15N3O2S/c1-2-18-15-9-4-3-8-14(15)17-16(18)22-11-12-6-5-7-13(10-12)19(20)21/h3-10H,2,11H2,1H3. The average Bonchev–Trinajstić information content (AvgIpc) is 2.90. The number of nitrogens with zero attached hydrogens (tertiary/aromatic N) is 3. The zero-order valence-electron chi connectivity index (χ0n) is 12.1. The molecule has 0 aliphatic carbocycles. The van der Waals surface area contributed by atoms with Gasteiger partial charge in [0.05, 0.1) is 16.0 Å². The van der Waals surface area contributed by atoms with Gasteiger partial charge in [-0.3, -0.25) is 10.1 Å². The molecule has 0 unspecified atom stereocenters. The van der Waals surface area contributed by atoms with Crippen molar-refractivity contribution in [1.82, 2.24) is 9.55 Å². The Bertz CT molecular complexity index is 829. The summed E-state index contributed by atoms with van der Waals surface area (Å²) in [6.07, 6.45) is 0. The second-order valence-electron chi connectivity index (χ2n) is 4.84. The minimum atomic E-state index is -0.366. The van der Waals surface area contributed by atoms with E-state index < -0.39 is 0 Å². The monoisotopic (exact) mass is 313 g/mol. The minimum Gasteiger partial charge on any atom is -0.319 e. The van der Waals surface area contributed by atoms with Gasteiger partial charge in [-0.25, -0.2) is 4.98 Å². The molecule has 0 N–H and O–H groups in total. The molecule has 0 atom stereocenters. The Hall–Kier alpha value is -2.34. The fourth-order valence-electron chi connectivity index (χ4n) is 2.38. The first kappa shape index (κ1) is 14.6. The van der Waals surface area contributed by atoms with Crippen molar-refractivity contribution in [1.29, 1.82) is 0 Å². The Labute approximate surface area is 132 Å². The summed E-state index contributed by atoms with van der Waals surface area (Å²) in [6, 6.07) is 14.8. The summed E-state index contributed by atoms with van der Waals surface area (Å²) in [5.74, 6) is 0.658. The minimum absolute atomic E-state index is 0.127. The van der Waals surface area contributed by atoms with E-state index in [4.69, 9.17) is 0 Å². The Morgan fingerprint density at radius 2 is 2.05 bits per heavy atom. The number of nitro benzene ring substituents is 1. The van der Waals surface area contributed by atoms with Crippen LogP contribution in [-0.4, -0.2) is 14.5 Å². The highest BCUT2D eigenvalue weighted by Gasteiger charge is 2.11. The fourth-order valence-corrected chi connectivity index (χ4v) is 3.40. The van der Waals surface area contributed by atoms with Crippen LogP contribution in [0, 0.1) is 10.1 Å². The number of aryl methyl sites for hydroxylation is 1. The van der Waals surface area contributed by atoms with Gasteiger partial charge < -0.3 is 4.57 Å². The van der Waals surface area contributed by atoms with Gasteiger partial charge in [0.2, 0.25) is 0 Å².